The van der Waals surface area contributed by atoms with Crippen molar-refractivity contribution in [2.45, 2.75) is 71.8 Å². The van der Waals surface area contributed by atoms with Gasteiger partial charge in [-0.15, -0.1) is 0 Å². The van der Waals surface area contributed by atoms with Crippen molar-refractivity contribution < 1.29 is 14.3 Å². The van der Waals surface area contributed by atoms with Crippen LogP contribution in [0.25, 0.3) is 0 Å². The fraction of sp³-hybridized carbons (Fsp3) is 0.737. The van der Waals surface area contributed by atoms with Crippen LogP contribution in [0.15, 0.2) is 18.3 Å². The van der Waals surface area contributed by atoms with E-state index in [1.807, 2.05) is 45.0 Å². The van der Waals surface area contributed by atoms with E-state index in [2.05, 4.69) is 31.4 Å². The van der Waals surface area contributed by atoms with Crippen LogP contribution in [-0.4, -0.2) is 39.5 Å². The Hall–Kier alpha value is -1.49. The highest BCUT2D eigenvalue weighted by Crippen LogP contribution is 2.36. The summed E-state index contributed by atoms with van der Waals surface area (Å²) in [7, 11) is 2.05. The fourth-order valence-corrected chi connectivity index (χ4v) is 3.19. The number of hydrogen-bond acceptors (Lipinski definition) is 3. The summed E-state index contributed by atoms with van der Waals surface area (Å²) in [6.45, 7) is 12.5. The van der Waals surface area contributed by atoms with E-state index in [1.54, 1.807) is 0 Å². The lowest BCUT2D eigenvalue weighted by molar-refractivity contribution is -0.0372. The van der Waals surface area contributed by atoms with Gasteiger partial charge in [0.15, 0.2) is 0 Å². The van der Waals surface area contributed by atoms with Gasteiger partial charge in [-0.05, 0) is 58.6 Å². The summed E-state index contributed by atoms with van der Waals surface area (Å²) in [4.78, 5) is 14.7. The molecule has 1 aliphatic heterocycles. The first-order valence-corrected chi connectivity index (χ1v) is 8.78. The number of nitrogens with zero attached hydrogens (tertiary/aromatic N) is 2. The molecular formula is C19H32N2O3. The van der Waals surface area contributed by atoms with E-state index < -0.39 is 5.60 Å². The van der Waals surface area contributed by atoms with Crippen LogP contribution in [0.3, 0.4) is 0 Å². The number of amides is 1. The van der Waals surface area contributed by atoms with Crippen molar-refractivity contribution in [3.8, 4) is 0 Å². The lowest BCUT2D eigenvalue weighted by Gasteiger charge is -2.38. The molecule has 2 rings (SSSR count). The van der Waals surface area contributed by atoms with Crippen LogP contribution in [-0.2, 0) is 22.9 Å². The first-order valence-electron chi connectivity index (χ1n) is 8.78. The molecule has 0 saturated carbocycles. The molecule has 1 aromatic heterocycles. The fourth-order valence-electron chi connectivity index (χ4n) is 3.19. The molecule has 136 valence electrons. The van der Waals surface area contributed by atoms with Crippen LogP contribution in [0.1, 0.15) is 53.7 Å². The Bertz CT molecular complexity index is 573. The maximum absolute atomic E-state index is 12.8. The second kappa shape index (κ2) is 6.79. The van der Waals surface area contributed by atoms with E-state index in [4.69, 9.17) is 9.47 Å². The molecule has 2 unspecified atom stereocenters. The quantitative estimate of drug-likeness (QED) is 0.836. The molecule has 0 radical (unpaired) electrons. The van der Waals surface area contributed by atoms with E-state index in [1.165, 1.54) is 5.69 Å². The second-order valence-corrected chi connectivity index (χ2v) is 8.40. The summed E-state index contributed by atoms with van der Waals surface area (Å²) < 4.78 is 13.8. The number of hydrogen-bond donors (Lipinski definition) is 0. The van der Waals surface area contributed by atoms with E-state index >= 15 is 0 Å². The van der Waals surface area contributed by atoms with Gasteiger partial charge < -0.3 is 14.0 Å². The molecule has 2 heterocycles. The topological polar surface area (TPSA) is 43.7 Å². The SMILES string of the molecule is CC(C)C1OCC(C)(CCc2cccn2C)N1C(=O)OC(C)(C)C. The molecule has 1 saturated heterocycles. The molecule has 5 nitrogen and oxygen atoms in total. The minimum absolute atomic E-state index is 0.217. The van der Waals surface area contributed by atoms with Gasteiger partial charge in [-0.1, -0.05) is 13.8 Å². The molecular weight excluding hydrogens is 304 g/mol. The third-order valence-electron chi connectivity index (χ3n) is 4.53. The largest absolute Gasteiger partial charge is 0.444 e. The Kier molecular flexibility index (Phi) is 5.33. The van der Waals surface area contributed by atoms with Gasteiger partial charge in [0.2, 0.25) is 0 Å². The standard InChI is InChI=1S/C19H32N2O3/c1-14(2)16-21(17(22)24-18(3,4)5)19(6,13-23-16)11-10-15-9-8-12-20(15)7/h8-9,12,14,16H,10-11,13H2,1-7H3. The van der Waals surface area contributed by atoms with Crippen molar-refractivity contribution in [2.75, 3.05) is 6.61 Å². The number of aryl methyl sites for hydroxylation is 2. The zero-order valence-corrected chi connectivity index (χ0v) is 16.1. The third kappa shape index (κ3) is 4.12. The van der Waals surface area contributed by atoms with Crippen molar-refractivity contribution in [3.63, 3.8) is 0 Å². The number of ether oxygens (including phenoxy) is 2. The van der Waals surface area contributed by atoms with Crippen LogP contribution in [0.5, 0.6) is 0 Å². The van der Waals surface area contributed by atoms with E-state index in [9.17, 15) is 4.79 Å². The molecule has 5 heteroatoms. The van der Waals surface area contributed by atoms with E-state index in [0.717, 1.165) is 12.8 Å². The number of carbonyl (C=O) groups excluding carboxylic acids is 1. The van der Waals surface area contributed by atoms with E-state index in [-0.39, 0.29) is 23.8 Å². The summed E-state index contributed by atoms with van der Waals surface area (Å²) in [5, 5.41) is 0. The lowest BCUT2D eigenvalue weighted by Crippen LogP contribution is -2.53. The van der Waals surface area contributed by atoms with Gasteiger partial charge in [-0.2, -0.15) is 0 Å². The van der Waals surface area contributed by atoms with Gasteiger partial charge in [-0.25, -0.2) is 4.79 Å². The zero-order valence-electron chi connectivity index (χ0n) is 16.1. The summed E-state index contributed by atoms with van der Waals surface area (Å²) in [6.07, 6.45) is 3.26. The van der Waals surface area contributed by atoms with Crippen molar-refractivity contribution in [2.24, 2.45) is 13.0 Å². The number of carbonyl (C=O) groups is 1. The maximum atomic E-state index is 12.8. The normalized spacial score (nSPS) is 24.7. The lowest BCUT2D eigenvalue weighted by atomic mass is 9.94. The number of rotatable bonds is 4. The molecule has 0 aromatic carbocycles. The van der Waals surface area contributed by atoms with Gasteiger partial charge >= 0.3 is 6.09 Å². The van der Waals surface area contributed by atoms with Crippen LogP contribution in [0.4, 0.5) is 4.79 Å². The van der Waals surface area contributed by atoms with E-state index in [0.29, 0.717) is 6.61 Å². The molecule has 24 heavy (non-hydrogen) atoms. The highest BCUT2D eigenvalue weighted by atomic mass is 16.6. The molecule has 0 aliphatic carbocycles. The zero-order chi connectivity index (χ0) is 18.1. The minimum Gasteiger partial charge on any atom is -0.444 e. The van der Waals surface area contributed by atoms with Crippen LogP contribution in [0, 0.1) is 5.92 Å². The summed E-state index contributed by atoms with van der Waals surface area (Å²) in [6, 6.07) is 4.17. The summed E-state index contributed by atoms with van der Waals surface area (Å²) >= 11 is 0. The molecule has 2 atom stereocenters. The Labute approximate surface area is 145 Å². The molecule has 0 N–H and O–H groups in total. The van der Waals surface area contributed by atoms with Crippen molar-refractivity contribution >= 4 is 6.09 Å². The van der Waals surface area contributed by atoms with Crippen molar-refractivity contribution in [1.29, 1.82) is 0 Å². The summed E-state index contributed by atoms with van der Waals surface area (Å²) in [5.41, 5.74) is 0.384. The molecule has 1 aliphatic rings. The van der Waals surface area contributed by atoms with Crippen molar-refractivity contribution in [1.82, 2.24) is 9.47 Å². The Morgan fingerprint density at radius 2 is 2.12 bits per heavy atom. The highest BCUT2D eigenvalue weighted by molar-refractivity contribution is 5.70. The molecule has 0 bridgehead atoms. The summed E-state index contributed by atoms with van der Waals surface area (Å²) in [5.74, 6) is 0.217. The van der Waals surface area contributed by atoms with Crippen LogP contribution in [0.2, 0.25) is 0 Å². The smallest absolute Gasteiger partial charge is 0.412 e. The maximum Gasteiger partial charge on any atom is 0.412 e. The first-order chi connectivity index (χ1) is 11.0. The Morgan fingerprint density at radius 1 is 1.46 bits per heavy atom. The van der Waals surface area contributed by atoms with Crippen LogP contribution < -0.4 is 0 Å². The number of aromatic nitrogens is 1. The van der Waals surface area contributed by atoms with Gasteiger partial charge in [0, 0.05) is 18.9 Å². The van der Waals surface area contributed by atoms with Gasteiger partial charge in [-0.3, -0.25) is 4.90 Å². The van der Waals surface area contributed by atoms with Gasteiger partial charge in [0.1, 0.15) is 11.8 Å². The Balaban J connectivity index is 2.18. The highest BCUT2D eigenvalue weighted by Gasteiger charge is 2.49. The molecule has 0 spiro atoms. The Morgan fingerprint density at radius 3 is 2.62 bits per heavy atom. The monoisotopic (exact) mass is 336 g/mol. The van der Waals surface area contributed by atoms with Crippen LogP contribution >= 0.6 is 0 Å². The first kappa shape index (κ1) is 18.8. The predicted octanol–water partition coefficient (Wildman–Crippen LogP) is 3.97. The minimum atomic E-state index is -0.514. The second-order valence-electron chi connectivity index (χ2n) is 8.40. The molecule has 1 aromatic rings. The average Bonchev–Trinajstić information content (AvgIpc) is 2.98. The third-order valence-corrected chi connectivity index (χ3v) is 4.53. The predicted molar refractivity (Wildman–Crippen MR) is 94.8 cm³/mol. The molecule has 1 fully saturated rings. The van der Waals surface area contributed by atoms with Gasteiger partial charge in [0.05, 0.1) is 12.1 Å². The average molecular weight is 336 g/mol. The molecule has 1 amide bonds. The van der Waals surface area contributed by atoms with Crippen molar-refractivity contribution in [3.05, 3.63) is 24.0 Å². The van der Waals surface area contributed by atoms with Gasteiger partial charge in [0.25, 0.3) is 0 Å².